The lowest BCUT2D eigenvalue weighted by molar-refractivity contribution is 0.0950. The smallest absolute Gasteiger partial charge is 0.289 e. The van der Waals surface area contributed by atoms with E-state index < -0.39 is 0 Å². The number of amides is 1. The van der Waals surface area contributed by atoms with Gasteiger partial charge in [-0.1, -0.05) is 41.9 Å². The zero-order chi connectivity index (χ0) is 17.9. The number of hydrogen-bond acceptors (Lipinski definition) is 3. The summed E-state index contributed by atoms with van der Waals surface area (Å²) in [5.74, 6) is -0.367. The number of halogens is 1. The quantitative estimate of drug-likeness (QED) is 0.378. The summed E-state index contributed by atoms with van der Waals surface area (Å²) in [5, 5.41) is 12.6. The SMILES string of the molecule is O=C(NN=Cc1c[nH]c2ccccc12)c1cc(-c2ccc(Cl)cc2)n[nH]1. The average molecular weight is 364 g/mol. The van der Waals surface area contributed by atoms with E-state index in [-0.39, 0.29) is 5.91 Å². The van der Waals surface area contributed by atoms with Crippen molar-refractivity contribution < 1.29 is 4.79 Å². The number of benzene rings is 2. The van der Waals surface area contributed by atoms with Crippen molar-refractivity contribution in [1.29, 1.82) is 0 Å². The molecule has 4 aromatic rings. The molecule has 0 aliphatic carbocycles. The van der Waals surface area contributed by atoms with Gasteiger partial charge >= 0.3 is 0 Å². The number of aromatic nitrogens is 3. The molecule has 2 aromatic heterocycles. The first kappa shape index (κ1) is 16.1. The third-order valence-corrected chi connectivity index (χ3v) is 4.21. The summed E-state index contributed by atoms with van der Waals surface area (Å²) in [6, 6.07) is 16.8. The Morgan fingerprint density at radius 2 is 1.96 bits per heavy atom. The van der Waals surface area contributed by atoms with Gasteiger partial charge in [0.25, 0.3) is 5.91 Å². The Balaban J connectivity index is 1.46. The highest BCUT2D eigenvalue weighted by Gasteiger charge is 2.10. The van der Waals surface area contributed by atoms with E-state index in [0.717, 1.165) is 22.0 Å². The van der Waals surface area contributed by atoms with Crippen LogP contribution in [0.4, 0.5) is 0 Å². The summed E-state index contributed by atoms with van der Waals surface area (Å²) in [5.41, 5.74) is 6.26. The van der Waals surface area contributed by atoms with Gasteiger partial charge in [-0.15, -0.1) is 0 Å². The second-order valence-corrected chi connectivity index (χ2v) is 6.10. The Hall–Kier alpha value is -3.38. The zero-order valence-electron chi connectivity index (χ0n) is 13.5. The monoisotopic (exact) mass is 363 g/mol. The van der Waals surface area contributed by atoms with Crippen LogP contribution in [0, 0.1) is 0 Å². The van der Waals surface area contributed by atoms with Gasteiger partial charge in [0, 0.05) is 33.2 Å². The first-order chi connectivity index (χ1) is 12.7. The van der Waals surface area contributed by atoms with E-state index in [1.165, 1.54) is 0 Å². The predicted octanol–water partition coefficient (Wildman–Crippen LogP) is 3.98. The second-order valence-electron chi connectivity index (χ2n) is 5.66. The van der Waals surface area contributed by atoms with Gasteiger partial charge in [0.15, 0.2) is 0 Å². The second kappa shape index (κ2) is 6.85. The van der Waals surface area contributed by atoms with E-state index in [2.05, 4.69) is 25.7 Å². The molecule has 1 amide bonds. The fourth-order valence-electron chi connectivity index (χ4n) is 2.63. The number of para-hydroxylation sites is 1. The van der Waals surface area contributed by atoms with Gasteiger partial charge in [-0.2, -0.15) is 10.2 Å². The van der Waals surface area contributed by atoms with Crippen LogP contribution in [0.5, 0.6) is 0 Å². The van der Waals surface area contributed by atoms with E-state index >= 15 is 0 Å². The first-order valence-electron chi connectivity index (χ1n) is 7.91. The number of rotatable bonds is 4. The van der Waals surface area contributed by atoms with Crippen LogP contribution in [-0.2, 0) is 0 Å². The lowest BCUT2D eigenvalue weighted by atomic mass is 10.1. The molecule has 7 heteroatoms. The van der Waals surface area contributed by atoms with E-state index in [4.69, 9.17) is 11.6 Å². The number of nitrogens with one attached hydrogen (secondary N) is 3. The van der Waals surface area contributed by atoms with Crippen LogP contribution >= 0.6 is 11.6 Å². The van der Waals surface area contributed by atoms with Crippen molar-refractivity contribution in [3.8, 4) is 11.3 Å². The Bertz CT molecular complexity index is 1090. The predicted molar refractivity (Wildman–Crippen MR) is 102 cm³/mol. The maximum absolute atomic E-state index is 12.2. The van der Waals surface area contributed by atoms with E-state index in [1.54, 1.807) is 24.4 Å². The van der Waals surface area contributed by atoms with Gasteiger partial charge in [-0.3, -0.25) is 9.89 Å². The molecule has 0 aliphatic heterocycles. The van der Waals surface area contributed by atoms with Gasteiger partial charge in [0.2, 0.25) is 0 Å². The molecule has 3 N–H and O–H groups in total. The Labute approximate surface area is 153 Å². The standard InChI is InChI=1S/C19H14ClN5O/c20-14-7-5-12(6-8-14)17-9-18(24-23-17)19(26)25-22-11-13-10-21-16-4-2-1-3-15(13)16/h1-11,21H,(H,23,24)(H,25,26). The third-order valence-electron chi connectivity index (χ3n) is 3.95. The van der Waals surface area contributed by atoms with E-state index in [0.29, 0.717) is 16.4 Å². The maximum Gasteiger partial charge on any atom is 0.289 e. The molecule has 4 rings (SSSR count). The topological polar surface area (TPSA) is 85.9 Å². The summed E-state index contributed by atoms with van der Waals surface area (Å²) >= 11 is 5.88. The summed E-state index contributed by atoms with van der Waals surface area (Å²) in [4.78, 5) is 15.4. The molecule has 2 aromatic carbocycles. The van der Waals surface area contributed by atoms with Crippen LogP contribution in [0.2, 0.25) is 5.02 Å². The van der Waals surface area contributed by atoms with E-state index in [1.807, 2.05) is 42.6 Å². The number of fused-ring (bicyclic) bond motifs is 1. The Morgan fingerprint density at radius 1 is 1.15 bits per heavy atom. The van der Waals surface area contributed by atoms with Crippen LogP contribution in [0.3, 0.4) is 0 Å². The van der Waals surface area contributed by atoms with Crippen molar-refractivity contribution in [2.45, 2.75) is 0 Å². The van der Waals surface area contributed by atoms with Crippen LogP contribution in [0.25, 0.3) is 22.2 Å². The number of hydrazone groups is 1. The molecule has 0 atom stereocenters. The highest BCUT2D eigenvalue weighted by Crippen LogP contribution is 2.20. The summed E-state index contributed by atoms with van der Waals surface area (Å²) in [7, 11) is 0. The van der Waals surface area contributed by atoms with Crippen molar-refractivity contribution in [2.75, 3.05) is 0 Å². The largest absolute Gasteiger partial charge is 0.361 e. The van der Waals surface area contributed by atoms with Gasteiger partial charge in [-0.05, 0) is 24.3 Å². The van der Waals surface area contributed by atoms with Crippen LogP contribution in [0.15, 0.2) is 65.9 Å². The minimum absolute atomic E-state index is 0.325. The minimum atomic E-state index is -0.367. The van der Waals surface area contributed by atoms with Crippen LogP contribution < -0.4 is 5.43 Å². The number of nitrogens with zero attached hydrogens (tertiary/aromatic N) is 2. The summed E-state index contributed by atoms with van der Waals surface area (Å²) in [6.45, 7) is 0. The molecule has 0 spiro atoms. The van der Waals surface area contributed by atoms with Gasteiger partial charge in [0.05, 0.1) is 11.9 Å². The maximum atomic E-state index is 12.2. The van der Waals surface area contributed by atoms with Crippen molar-refractivity contribution in [1.82, 2.24) is 20.6 Å². The normalized spacial score (nSPS) is 11.3. The fraction of sp³-hybridized carbons (Fsp3) is 0. The molecule has 0 radical (unpaired) electrons. The fourth-order valence-corrected chi connectivity index (χ4v) is 2.75. The Kier molecular flexibility index (Phi) is 4.25. The molecule has 0 fully saturated rings. The molecule has 0 aliphatic rings. The van der Waals surface area contributed by atoms with Crippen molar-refractivity contribution in [3.05, 3.63) is 77.1 Å². The molecule has 128 valence electrons. The van der Waals surface area contributed by atoms with Gasteiger partial charge in [-0.25, -0.2) is 5.43 Å². The first-order valence-corrected chi connectivity index (χ1v) is 8.29. The molecular formula is C19H14ClN5O. The number of H-pyrrole nitrogens is 2. The third kappa shape index (κ3) is 3.22. The molecule has 0 unspecified atom stereocenters. The van der Waals surface area contributed by atoms with Crippen molar-refractivity contribution >= 4 is 34.6 Å². The molecule has 6 nitrogen and oxygen atoms in total. The summed E-state index contributed by atoms with van der Waals surface area (Å²) in [6.07, 6.45) is 3.45. The molecule has 2 heterocycles. The Morgan fingerprint density at radius 3 is 2.81 bits per heavy atom. The number of hydrogen-bond donors (Lipinski definition) is 3. The molecule has 26 heavy (non-hydrogen) atoms. The summed E-state index contributed by atoms with van der Waals surface area (Å²) < 4.78 is 0. The molecule has 0 bridgehead atoms. The molecule has 0 saturated carbocycles. The number of carbonyl (C=O) groups is 1. The molecular weight excluding hydrogens is 350 g/mol. The highest BCUT2D eigenvalue weighted by molar-refractivity contribution is 6.30. The van der Waals surface area contributed by atoms with Crippen molar-refractivity contribution in [3.63, 3.8) is 0 Å². The highest BCUT2D eigenvalue weighted by atomic mass is 35.5. The number of carbonyl (C=O) groups excluding carboxylic acids is 1. The average Bonchev–Trinajstić information content (AvgIpc) is 3.30. The van der Waals surface area contributed by atoms with Gasteiger partial charge in [0.1, 0.15) is 5.69 Å². The minimum Gasteiger partial charge on any atom is -0.361 e. The zero-order valence-corrected chi connectivity index (χ0v) is 14.3. The lowest BCUT2D eigenvalue weighted by Crippen LogP contribution is -2.17. The van der Waals surface area contributed by atoms with Crippen LogP contribution in [-0.4, -0.2) is 27.3 Å². The molecule has 0 saturated heterocycles. The van der Waals surface area contributed by atoms with Crippen molar-refractivity contribution in [2.24, 2.45) is 5.10 Å². The van der Waals surface area contributed by atoms with Crippen LogP contribution in [0.1, 0.15) is 16.1 Å². The lowest BCUT2D eigenvalue weighted by Gasteiger charge is -1.96. The van der Waals surface area contributed by atoms with E-state index in [9.17, 15) is 4.79 Å². The number of aromatic amines is 2. The van der Waals surface area contributed by atoms with Gasteiger partial charge < -0.3 is 4.98 Å².